The lowest BCUT2D eigenvalue weighted by Gasteiger charge is -2.25. The monoisotopic (exact) mass is 567 g/mol. The van der Waals surface area contributed by atoms with E-state index in [4.69, 9.17) is 9.41 Å². The number of carbonyl (C=O) groups excluding carboxylic acids is 2. The predicted molar refractivity (Wildman–Crippen MR) is 136 cm³/mol. The first-order valence-electron chi connectivity index (χ1n) is 12.0. The Bertz CT molecular complexity index is 866. The van der Waals surface area contributed by atoms with Crippen molar-refractivity contribution < 1.29 is 14.0 Å². The summed E-state index contributed by atoms with van der Waals surface area (Å²) in [5.74, 6) is 1.89. The zero-order valence-electron chi connectivity index (χ0n) is 19.1. The second kappa shape index (κ2) is 10.6. The van der Waals surface area contributed by atoms with Gasteiger partial charge in [0.1, 0.15) is 5.76 Å². The number of amides is 2. The van der Waals surface area contributed by atoms with Crippen LogP contribution in [0.1, 0.15) is 38.0 Å². The molecule has 1 saturated carbocycles. The fraction of sp³-hybridized carbons (Fsp3) is 0.625. The first-order valence-corrected chi connectivity index (χ1v) is 12.0. The van der Waals surface area contributed by atoms with Gasteiger partial charge in [-0.2, -0.15) is 0 Å². The maximum absolute atomic E-state index is 12.9. The Hall–Kier alpha value is -1.88. The fourth-order valence-electron chi connectivity index (χ4n) is 5.91. The van der Waals surface area contributed by atoms with Crippen LogP contribution in [0.2, 0.25) is 0 Å². The standard InChI is InChI=1S/C24H33N5O3.HI/c1-2-25-24(27-15-18(19-6-5-13-32-19)28-10-3-4-11-28)26-9-12-29-22(30)20-16-7-8-17(14-16)21(20)23(29)31;/h5-8,13,16-18,20-21H,2-4,9-12,14-15H2,1H3,(H2,25,26,27);1H. The number of nitrogens with zero attached hydrogens (tertiary/aromatic N) is 3. The molecule has 0 spiro atoms. The van der Waals surface area contributed by atoms with E-state index in [0.29, 0.717) is 25.6 Å². The summed E-state index contributed by atoms with van der Waals surface area (Å²) in [5.41, 5.74) is 0. The van der Waals surface area contributed by atoms with Gasteiger partial charge in [0.25, 0.3) is 0 Å². The van der Waals surface area contributed by atoms with Crippen molar-refractivity contribution in [1.29, 1.82) is 0 Å². The van der Waals surface area contributed by atoms with Crippen LogP contribution in [0.15, 0.2) is 40.0 Å². The van der Waals surface area contributed by atoms with E-state index in [1.165, 1.54) is 17.7 Å². The van der Waals surface area contributed by atoms with Gasteiger partial charge >= 0.3 is 0 Å². The van der Waals surface area contributed by atoms with E-state index in [9.17, 15) is 9.59 Å². The van der Waals surface area contributed by atoms with Gasteiger partial charge in [-0.3, -0.25) is 24.4 Å². The molecule has 9 heteroatoms. The van der Waals surface area contributed by atoms with Crippen molar-refractivity contribution in [3.63, 3.8) is 0 Å². The van der Waals surface area contributed by atoms with Gasteiger partial charge in [0.2, 0.25) is 11.8 Å². The third-order valence-electron chi connectivity index (χ3n) is 7.41. The number of carbonyl (C=O) groups is 2. The first kappa shape index (κ1) is 24.3. The van der Waals surface area contributed by atoms with Gasteiger partial charge in [-0.1, -0.05) is 12.2 Å². The van der Waals surface area contributed by atoms with Gasteiger partial charge in [0.05, 0.1) is 30.7 Å². The first-order chi connectivity index (χ1) is 15.7. The highest BCUT2D eigenvalue weighted by Crippen LogP contribution is 2.52. The van der Waals surface area contributed by atoms with E-state index in [1.807, 2.05) is 19.1 Å². The van der Waals surface area contributed by atoms with Crippen LogP contribution in [-0.4, -0.2) is 66.8 Å². The molecular formula is C24H34IN5O3. The Morgan fingerprint density at radius 3 is 2.45 bits per heavy atom. The van der Waals surface area contributed by atoms with Crippen molar-refractivity contribution >= 4 is 41.8 Å². The molecule has 1 aromatic heterocycles. The number of imide groups is 1. The number of rotatable bonds is 8. The van der Waals surface area contributed by atoms with Crippen LogP contribution in [0.3, 0.4) is 0 Å². The van der Waals surface area contributed by atoms with Crippen molar-refractivity contribution in [2.24, 2.45) is 28.7 Å². The Morgan fingerprint density at radius 1 is 1.15 bits per heavy atom. The number of likely N-dealkylation sites (tertiary alicyclic amines) is 2. The molecule has 2 aliphatic heterocycles. The molecule has 180 valence electrons. The molecule has 2 N–H and O–H groups in total. The zero-order valence-corrected chi connectivity index (χ0v) is 21.4. The summed E-state index contributed by atoms with van der Waals surface area (Å²) in [6.45, 7) is 6.33. The van der Waals surface area contributed by atoms with E-state index in [2.05, 4.69) is 27.7 Å². The average molecular weight is 567 g/mol. The summed E-state index contributed by atoms with van der Waals surface area (Å²) < 4.78 is 5.69. The summed E-state index contributed by atoms with van der Waals surface area (Å²) in [7, 11) is 0. The number of halogens is 1. The number of hydrogen-bond acceptors (Lipinski definition) is 5. The molecule has 2 saturated heterocycles. The van der Waals surface area contributed by atoms with Crippen molar-refractivity contribution in [3.8, 4) is 0 Å². The second-order valence-corrected chi connectivity index (χ2v) is 9.25. The number of guanidine groups is 1. The highest BCUT2D eigenvalue weighted by Gasteiger charge is 2.58. The van der Waals surface area contributed by atoms with Gasteiger partial charge in [-0.25, -0.2) is 0 Å². The van der Waals surface area contributed by atoms with E-state index in [0.717, 1.165) is 31.8 Å². The van der Waals surface area contributed by atoms with E-state index in [-0.39, 0.29) is 65.5 Å². The highest BCUT2D eigenvalue weighted by atomic mass is 127. The summed E-state index contributed by atoms with van der Waals surface area (Å²) in [5, 5.41) is 6.59. The van der Waals surface area contributed by atoms with Crippen molar-refractivity contribution in [2.45, 2.75) is 32.2 Å². The number of furan rings is 1. The van der Waals surface area contributed by atoms with Crippen LogP contribution in [-0.2, 0) is 9.59 Å². The largest absolute Gasteiger partial charge is 0.468 e. The van der Waals surface area contributed by atoms with Crippen molar-refractivity contribution in [1.82, 2.24) is 20.4 Å². The summed E-state index contributed by atoms with van der Waals surface area (Å²) in [6.07, 6.45) is 9.35. The lowest BCUT2D eigenvalue weighted by atomic mass is 9.85. The Morgan fingerprint density at radius 2 is 1.85 bits per heavy atom. The maximum Gasteiger partial charge on any atom is 0.233 e. The zero-order chi connectivity index (χ0) is 22.1. The molecule has 1 aromatic rings. The molecule has 0 radical (unpaired) electrons. The van der Waals surface area contributed by atoms with Gasteiger partial charge in [0, 0.05) is 19.6 Å². The van der Waals surface area contributed by atoms with Crippen LogP contribution < -0.4 is 10.6 Å². The van der Waals surface area contributed by atoms with Crippen LogP contribution in [0, 0.1) is 23.7 Å². The normalized spacial score (nSPS) is 29.5. The van der Waals surface area contributed by atoms with Crippen LogP contribution in [0.25, 0.3) is 0 Å². The molecule has 3 heterocycles. The van der Waals surface area contributed by atoms with Gasteiger partial charge in [-0.15, -0.1) is 24.0 Å². The number of aliphatic imine (C=N–C) groups is 1. The molecule has 2 bridgehead atoms. The molecule has 0 aromatic carbocycles. The highest BCUT2D eigenvalue weighted by molar-refractivity contribution is 14.0. The quantitative estimate of drug-likeness (QED) is 0.165. The third kappa shape index (κ3) is 4.71. The number of nitrogens with one attached hydrogen (secondary N) is 2. The summed E-state index contributed by atoms with van der Waals surface area (Å²) >= 11 is 0. The minimum atomic E-state index is -0.131. The Balaban J connectivity index is 0.00000259. The van der Waals surface area contributed by atoms with E-state index in [1.54, 1.807) is 6.26 Å². The lowest BCUT2D eigenvalue weighted by molar-refractivity contribution is -0.140. The van der Waals surface area contributed by atoms with Crippen molar-refractivity contribution in [2.75, 3.05) is 39.3 Å². The summed E-state index contributed by atoms with van der Waals surface area (Å²) in [6, 6.07) is 4.06. The van der Waals surface area contributed by atoms with E-state index >= 15 is 0 Å². The number of hydrogen-bond donors (Lipinski definition) is 2. The smallest absolute Gasteiger partial charge is 0.233 e. The Labute approximate surface area is 212 Å². The molecule has 2 amide bonds. The third-order valence-corrected chi connectivity index (χ3v) is 7.41. The molecule has 5 atom stereocenters. The van der Waals surface area contributed by atoms with Gasteiger partial charge in [-0.05, 0) is 63.2 Å². The summed E-state index contributed by atoms with van der Waals surface area (Å²) in [4.78, 5) is 34.4. The topological polar surface area (TPSA) is 90.2 Å². The van der Waals surface area contributed by atoms with Gasteiger partial charge < -0.3 is 15.1 Å². The molecule has 3 fully saturated rings. The molecule has 5 rings (SSSR count). The number of fused-ring (bicyclic) bond motifs is 5. The molecule has 5 unspecified atom stereocenters. The fourth-order valence-corrected chi connectivity index (χ4v) is 5.91. The second-order valence-electron chi connectivity index (χ2n) is 9.25. The lowest BCUT2D eigenvalue weighted by Crippen LogP contribution is -2.44. The number of allylic oxidation sites excluding steroid dienone is 2. The molecule has 2 aliphatic carbocycles. The minimum Gasteiger partial charge on any atom is -0.468 e. The predicted octanol–water partition coefficient (Wildman–Crippen LogP) is 2.40. The van der Waals surface area contributed by atoms with Gasteiger partial charge in [0.15, 0.2) is 5.96 Å². The Kier molecular flexibility index (Phi) is 7.78. The molecule has 8 nitrogen and oxygen atoms in total. The van der Waals surface area contributed by atoms with Crippen molar-refractivity contribution in [3.05, 3.63) is 36.3 Å². The molecule has 33 heavy (non-hydrogen) atoms. The molecular weight excluding hydrogens is 533 g/mol. The van der Waals surface area contributed by atoms with Crippen LogP contribution >= 0.6 is 24.0 Å². The molecule has 4 aliphatic rings. The van der Waals surface area contributed by atoms with Crippen LogP contribution in [0.5, 0.6) is 0 Å². The maximum atomic E-state index is 12.9. The SMILES string of the molecule is CCNC(=NCC(c1ccco1)N1CCCC1)NCCN1C(=O)C2C3C=CC(C3)C2C1=O.I. The van der Waals surface area contributed by atoms with E-state index < -0.39 is 0 Å². The minimum absolute atomic E-state index is 0. The van der Waals surface area contributed by atoms with Crippen LogP contribution in [0.4, 0.5) is 0 Å². The average Bonchev–Trinajstić information content (AvgIpc) is 3.61.